The van der Waals surface area contributed by atoms with Crippen molar-refractivity contribution < 1.29 is 13.2 Å². The molecule has 3 N–H and O–H groups in total. The second-order valence-corrected chi connectivity index (χ2v) is 7.08. The molecule has 0 bridgehead atoms. The van der Waals surface area contributed by atoms with E-state index in [9.17, 15) is 13.2 Å². The van der Waals surface area contributed by atoms with E-state index in [-0.39, 0.29) is 5.92 Å². The van der Waals surface area contributed by atoms with E-state index in [2.05, 4.69) is 4.90 Å². The normalized spacial score (nSPS) is 17.8. The fourth-order valence-electron chi connectivity index (χ4n) is 3.05. The van der Waals surface area contributed by atoms with Crippen molar-refractivity contribution in [1.29, 1.82) is 5.41 Å². The highest BCUT2D eigenvalue weighted by molar-refractivity contribution is 5.97. The van der Waals surface area contributed by atoms with Crippen molar-refractivity contribution in [2.45, 2.75) is 45.2 Å². The summed E-state index contributed by atoms with van der Waals surface area (Å²) in [7, 11) is 0. The number of hydrogen-bond acceptors (Lipinski definition) is 3. The molecular weight excluding hydrogens is 351 g/mol. The standard InChI is InChI=1S/C21H28F3N3/c1-16(9-12-20(26)27-13-4-2-3-5-14-27)19(25)11-10-17-7-6-8-18(15-17)21(22,23)24/h6-8,10-12,15-16,25H,2-5,9,13-14,26H2,1H3/b11-10+,20-12-,25-19?. The molecule has 1 saturated heterocycles. The zero-order valence-electron chi connectivity index (χ0n) is 15.7. The van der Waals surface area contributed by atoms with Crippen LogP contribution in [-0.2, 0) is 6.18 Å². The monoisotopic (exact) mass is 379 g/mol. The third-order valence-electron chi connectivity index (χ3n) is 4.85. The third kappa shape index (κ3) is 6.77. The summed E-state index contributed by atoms with van der Waals surface area (Å²) in [6.07, 6.45) is 6.14. The van der Waals surface area contributed by atoms with Gasteiger partial charge in [0.2, 0.25) is 0 Å². The fraction of sp³-hybridized carbons (Fsp3) is 0.476. The number of nitrogens with two attached hydrogens (primary N) is 1. The van der Waals surface area contributed by atoms with Crippen molar-refractivity contribution in [1.82, 2.24) is 4.90 Å². The zero-order chi connectivity index (χ0) is 19.9. The predicted molar refractivity (Wildman–Crippen MR) is 104 cm³/mol. The van der Waals surface area contributed by atoms with Crippen LogP contribution < -0.4 is 5.73 Å². The number of alkyl halides is 3. The molecule has 1 heterocycles. The minimum Gasteiger partial charge on any atom is -0.386 e. The van der Waals surface area contributed by atoms with Gasteiger partial charge in [-0.05, 0) is 49.1 Å². The van der Waals surface area contributed by atoms with Crippen LogP contribution in [-0.4, -0.2) is 23.7 Å². The van der Waals surface area contributed by atoms with Gasteiger partial charge in [0.1, 0.15) is 0 Å². The van der Waals surface area contributed by atoms with Crippen molar-refractivity contribution in [2.75, 3.05) is 13.1 Å². The molecule has 1 unspecified atom stereocenters. The first kappa shape index (κ1) is 21.1. The first-order valence-electron chi connectivity index (χ1n) is 9.41. The summed E-state index contributed by atoms with van der Waals surface area (Å²) in [6.45, 7) is 3.87. The van der Waals surface area contributed by atoms with Gasteiger partial charge in [0.05, 0.1) is 11.4 Å². The quantitative estimate of drug-likeness (QED) is 0.647. The number of halogens is 3. The van der Waals surface area contributed by atoms with E-state index in [4.69, 9.17) is 11.1 Å². The average molecular weight is 379 g/mol. The predicted octanol–water partition coefficient (Wildman–Crippen LogP) is 5.44. The van der Waals surface area contributed by atoms with Crippen molar-refractivity contribution in [3.05, 3.63) is 53.4 Å². The molecule has 1 aliphatic heterocycles. The van der Waals surface area contributed by atoms with Crippen LogP contribution in [0.1, 0.15) is 50.2 Å². The van der Waals surface area contributed by atoms with Crippen LogP contribution in [0.25, 0.3) is 6.08 Å². The molecule has 148 valence electrons. The molecule has 1 aromatic rings. The molecule has 3 nitrogen and oxygen atoms in total. The van der Waals surface area contributed by atoms with E-state index in [0.717, 1.165) is 43.9 Å². The Hall–Kier alpha value is -2.24. The maximum Gasteiger partial charge on any atom is 0.416 e. The lowest BCUT2D eigenvalue weighted by atomic mass is 10.00. The van der Waals surface area contributed by atoms with Gasteiger partial charge in [-0.3, -0.25) is 0 Å². The van der Waals surface area contributed by atoms with Crippen molar-refractivity contribution in [3.63, 3.8) is 0 Å². The van der Waals surface area contributed by atoms with Gasteiger partial charge in [-0.1, -0.05) is 38.0 Å². The van der Waals surface area contributed by atoms with Crippen LogP contribution in [0.2, 0.25) is 0 Å². The first-order chi connectivity index (χ1) is 12.8. The molecule has 0 saturated carbocycles. The number of nitrogens with one attached hydrogen (secondary N) is 1. The van der Waals surface area contributed by atoms with Crippen LogP contribution in [0, 0.1) is 11.3 Å². The molecule has 0 spiro atoms. The maximum atomic E-state index is 12.8. The Morgan fingerprint density at radius 3 is 2.52 bits per heavy atom. The highest BCUT2D eigenvalue weighted by Crippen LogP contribution is 2.29. The SMILES string of the molecule is CC(C/C=C(/N)N1CCCCCC1)C(=N)/C=C/c1cccc(C(F)(F)F)c1. The van der Waals surface area contributed by atoms with Gasteiger partial charge < -0.3 is 16.0 Å². The van der Waals surface area contributed by atoms with Gasteiger partial charge in [-0.25, -0.2) is 0 Å². The molecule has 0 aliphatic carbocycles. The Morgan fingerprint density at radius 1 is 1.22 bits per heavy atom. The van der Waals surface area contributed by atoms with Crippen LogP contribution >= 0.6 is 0 Å². The van der Waals surface area contributed by atoms with Gasteiger partial charge in [0.15, 0.2) is 0 Å². The number of benzene rings is 1. The summed E-state index contributed by atoms with van der Waals surface area (Å²) in [5.41, 5.74) is 6.30. The van der Waals surface area contributed by atoms with Crippen LogP contribution in [0.5, 0.6) is 0 Å². The van der Waals surface area contributed by atoms with Gasteiger partial charge in [-0.2, -0.15) is 13.2 Å². The Morgan fingerprint density at radius 2 is 1.89 bits per heavy atom. The summed E-state index contributed by atoms with van der Waals surface area (Å²) >= 11 is 0. The molecule has 1 aliphatic rings. The maximum absolute atomic E-state index is 12.8. The summed E-state index contributed by atoms with van der Waals surface area (Å²) in [4.78, 5) is 2.20. The lowest BCUT2D eigenvalue weighted by molar-refractivity contribution is -0.137. The Labute approximate surface area is 159 Å². The highest BCUT2D eigenvalue weighted by Gasteiger charge is 2.30. The van der Waals surface area contributed by atoms with E-state index < -0.39 is 11.7 Å². The van der Waals surface area contributed by atoms with Crippen molar-refractivity contribution in [2.24, 2.45) is 11.7 Å². The Bertz CT molecular complexity index is 684. The molecular formula is C21H28F3N3. The lowest BCUT2D eigenvalue weighted by Gasteiger charge is -2.23. The van der Waals surface area contributed by atoms with Gasteiger partial charge in [0, 0.05) is 24.7 Å². The highest BCUT2D eigenvalue weighted by atomic mass is 19.4. The second kappa shape index (κ2) is 9.62. The molecule has 27 heavy (non-hydrogen) atoms. The number of allylic oxidation sites excluding steroid dienone is 2. The molecule has 0 radical (unpaired) electrons. The van der Waals surface area contributed by atoms with Crippen LogP contribution in [0.4, 0.5) is 13.2 Å². The van der Waals surface area contributed by atoms with Crippen molar-refractivity contribution in [3.8, 4) is 0 Å². The molecule has 1 aromatic carbocycles. The molecule has 1 atom stereocenters. The Balaban J connectivity index is 1.93. The second-order valence-electron chi connectivity index (χ2n) is 7.08. The molecule has 2 rings (SSSR count). The summed E-state index contributed by atoms with van der Waals surface area (Å²) in [5.74, 6) is 0.705. The molecule has 0 amide bonds. The summed E-state index contributed by atoms with van der Waals surface area (Å²) in [6, 6.07) is 5.11. The summed E-state index contributed by atoms with van der Waals surface area (Å²) < 4.78 is 38.3. The lowest BCUT2D eigenvalue weighted by Crippen LogP contribution is -2.28. The van der Waals surface area contributed by atoms with Crippen LogP contribution in [0.3, 0.4) is 0 Å². The molecule has 6 heteroatoms. The molecule has 1 fully saturated rings. The van der Waals surface area contributed by atoms with E-state index in [0.29, 0.717) is 17.7 Å². The minimum atomic E-state index is -4.36. The minimum absolute atomic E-state index is 0.0578. The number of likely N-dealkylation sites (tertiary alicyclic amines) is 1. The van der Waals surface area contributed by atoms with Crippen molar-refractivity contribution >= 4 is 11.8 Å². The first-order valence-corrected chi connectivity index (χ1v) is 9.41. The van der Waals surface area contributed by atoms with Gasteiger partial charge in [0.25, 0.3) is 0 Å². The zero-order valence-corrected chi connectivity index (χ0v) is 15.7. The average Bonchev–Trinajstić information content (AvgIpc) is 2.93. The topological polar surface area (TPSA) is 53.1 Å². The van der Waals surface area contributed by atoms with Gasteiger partial charge >= 0.3 is 6.18 Å². The number of nitrogens with zero attached hydrogens (tertiary/aromatic N) is 1. The molecule has 0 aromatic heterocycles. The Kier molecular flexibility index (Phi) is 7.51. The van der Waals surface area contributed by atoms with Gasteiger partial charge in [-0.15, -0.1) is 0 Å². The summed E-state index contributed by atoms with van der Waals surface area (Å²) in [5, 5.41) is 8.15. The smallest absolute Gasteiger partial charge is 0.386 e. The van der Waals surface area contributed by atoms with Crippen LogP contribution in [0.15, 0.2) is 42.2 Å². The number of hydrogen-bond donors (Lipinski definition) is 2. The largest absolute Gasteiger partial charge is 0.416 e. The van der Waals surface area contributed by atoms with E-state index in [1.165, 1.54) is 18.9 Å². The fourth-order valence-corrected chi connectivity index (χ4v) is 3.05. The van der Waals surface area contributed by atoms with E-state index in [1.54, 1.807) is 18.2 Å². The van der Waals surface area contributed by atoms with E-state index >= 15 is 0 Å². The number of rotatable bonds is 6. The van der Waals surface area contributed by atoms with E-state index in [1.807, 2.05) is 13.0 Å². The third-order valence-corrected chi connectivity index (χ3v) is 4.85.